The number of hydrogen-bond acceptors (Lipinski definition) is 5. The molecule has 11 heavy (non-hydrogen) atoms. The molecule has 0 aromatic carbocycles. The van der Waals surface area contributed by atoms with E-state index in [1.165, 1.54) is 0 Å². The van der Waals surface area contributed by atoms with E-state index in [1.807, 2.05) is 0 Å². The largest absolute Gasteiger partial charge is 0.317 e. The third-order valence-corrected chi connectivity index (χ3v) is 1.31. The zero-order chi connectivity index (χ0) is 8.69. The second-order valence-corrected chi connectivity index (χ2v) is 2.66. The molecule has 0 spiro atoms. The molecular formula is C6H19N5. The van der Waals surface area contributed by atoms with Gasteiger partial charge in [-0.05, 0) is 25.9 Å². The average molecular weight is 161 g/mol. The Hall–Kier alpha value is -0.200. The Bertz CT molecular complexity index is 73.0. The highest BCUT2D eigenvalue weighted by atomic mass is 14.9. The van der Waals surface area contributed by atoms with Crippen LogP contribution in [0.2, 0.25) is 0 Å². The predicted molar refractivity (Wildman–Crippen MR) is 46.4 cm³/mol. The summed E-state index contributed by atoms with van der Waals surface area (Å²) in [5.74, 6) is 0. The summed E-state index contributed by atoms with van der Waals surface area (Å²) >= 11 is 0. The van der Waals surface area contributed by atoms with Crippen molar-refractivity contribution in [3.05, 3.63) is 0 Å². The highest BCUT2D eigenvalue weighted by Crippen LogP contribution is 1.79. The molecule has 0 aliphatic rings. The zero-order valence-corrected chi connectivity index (χ0v) is 6.79. The molecule has 0 amide bonds. The van der Waals surface area contributed by atoms with Crippen LogP contribution in [0.15, 0.2) is 0 Å². The van der Waals surface area contributed by atoms with E-state index >= 15 is 0 Å². The second kappa shape index (κ2) is 6.51. The molecule has 0 saturated carbocycles. The van der Waals surface area contributed by atoms with Gasteiger partial charge in [0.2, 0.25) is 0 Å². The Balaban J connectivity index is 2.91. The van der Waals surface area contributed by atoms with Crippen LogP contribution in [0.3, 0.4) is 0 Å². The normalized spacial score (nSPS) is 11.5. The summed E-state index contributed by atoms with van der Waals surface area (Å²) < 4.78 is 0. The van der Waals surface area contributed by atoms with Crippen molar-refractivity contribution in [1.82, 2.24) is 5.32 Å². The molecule has 68 valence electrons. The summed E-state index contributed by atoms with van der Waals surface area (Å²) in [5, 5.41) is 3.13. The van der Waals surface area contributed by atoms with Gasteiger partial charge in [-0.3, -0.25) is 0 Å². The van der Waals surface area contributed by atoms with Gasteiger partial charge in [-0.25, -0.2) is 0 Å². The molecule has 0 radical (unpaired) electrons. The highest BCUT2D eigenvalue weighted by Gasteiger charge is 1.95. The van der Waals surface area contributed by atoms with Crippen LogP contribution >= 0.6 is 0 Å². The minimum absolute atomic E-state index is 0.228. The summed E-state index contributed by atoms with van der Waals surface area (Å²) in [6.07, 6.45) is 1.10. The molecule has 0 unspecified atom stereocenters. The van der Waals surface area contributed by atoms with Crippen LogP contribution in [0.5, 0.6) is 0 Å². The van der Waals surface area contributed by atoms with Crippen LogP contribution in [0, 0.1) is 0 Å². The third kappa shape index (κ3) is 9.80. The van der Waals surface area contributed by atoms with Gasteiger partial charge in [0.25, 0.3) is 0 Å². The lowest BCUT2D eigenvalue weighted by molar-refractivity contribution is 0.537. The zero-order valence-electron chi connectivity index (χ0n) is 6.79. The van der Waals surface area contributed by atoms with Gasteiger partial charge >= 0.3 is 0 Å². The minimum atomic E-state index is -0.228. The van der Waals surface area contributed by atoms with E-state index in [4.69, 9.17) is 22.9 Å². The quantitative estimate of drug-likeness (QED) is 0.225. The number of nitrogens with two attached hydrogens (primary N) is 4. The van der Waals surface area contributed by atoms with Crippen LogP contribution in [0.1, 0.15) is 12.8 Å². The minimum Gasteiger partial charge on any atom is -0.317 e. The Morgan fingerprint density at radius 3 is 1.45 bits per heavy atom. The molecule has 5 nitrogen and oxygen atoms in total. The van der Waals surface area contributed by atoms with Crippen LogP contribution in [-0.2, 0) is 0 Å². The fraction of sp³-hybridized carbons (Fsp3) is 1.00. The van der Waals surface area contributed by atoms with Crippen molar-refractivity contribution >= 4 is 0 Å². The van der Waals surface area contributed by atoms with Crippen LogP contribution in [-0.4, -0.2) is 25.4 Å². The van der Waals surface area contributed by atoms with Gasteiger partial charge in [0.15, 0.2) is 0 Å². The molecule has 0 rings (SSSR count). The molecule has 0 heterocycles. The number of nitrogens with one attached hydrogen (secondary N) is 1. The number of hydrogen-bond donors (Lipinski definition) is 5. The van der Waals surface area contributed by atoms with Gasteiger partial charge in [0.1, 0.15) is 0 Å². The van der Waals surface area contributed by atoms with Gasteiger partial charge < -0.3 is 28.3 Å². The fourth-order valence-electron chi connectivity index (χ4n) is 0.662. The van der Waals surface area contributed by atoms with Crippen LogP contribution in [0.25, 0.3) is 0 Å². The van der Waals surface area contributed by atoms with Gasteiger partial charge in [-0.1, -0.05) is 0 Å². The van der Waals surface area contributed by atoms with Gasteiger partial charge in [0.05, 0.1) is 12.3 Å². The molecule has 0 aromatic heterocycles. The molecule has 9 N–H and O–H groups in total. The maximum Gasteiger partial charge on any atom is 0.0533 e. The molecule has 0 fully saturated rings. The molecular weight excluding hydrogens is 142 g/mol. The van der Waals surface area contributed by atoms with E-state index in [2.05, 4.69) is 5.32 Å². The van der Waals surface area contributed by atoms with E-state index in [1.54, 1.807) is 0 Å². The van der Waals surface area contributed by atoms with E-state index < -0.39 is 0 Å². The third-order valence-electron chi connectivity index (χ3n) is 1.31. The summed E-state index contributed by atoms with van der Waals surface area (Å²) in [6, 6.07) is 0. The highest BCUT2D eigenvalue weighted by molar-refractivity contribution is 4.57. The van der Waals surface area contributed by atoms with Crippen molar-refractivity contribution in [3.8, 4) is 0 Å². The maximum absolute atomic E-state index is 5.32. The molecule has 5 heteroatoms. The summed E-state index contributed by atoms with van der Waals surface area (Å²) in [6.45, 7) is 1.65. The van der Waals surface area contributed by atoms with E-state index in [-0.39, 0.29) is 12.3 Å². The van der Waals surface area contributed by atoms with Crippen molar-refractivity contribution < 1.29 is 0 Å². The SMILES string of the molecule is NC(N)CCNCCC(N)N. The summed E-state index contributed by atoms with van der Waals surface area (Å²) in [7, 11) is 0. The van der Waals surface area contributed by atoms with Crippen molar-refractivity contribution in [2.24, 2.45) is 22.9 Å². The Kier molecular flexibility index (Phi) is 6.39. The van der Waals surface area contributed by atoms with Crippen molar-refractivity contribution in [2.75, 3.05) is 13.1 Å². The maximum atomic E-state index is 5.32. The van der Waals surface area contributed by atoms with E-state index in [0.717, 1.165) is 25.9 Å². The first-order valence-corrected chi connectivity index (χ1v) is 3.86. The first-order chi connectivity index (χ1) is 5.13. The molecule has 0 bridgehead atoms. The summed E-state index contributed by atoms with van der Waals surface area (Å²) in [5.41, 5.74) is 21.3. The van der Waals surface area contributed by atoms with E-state index in [9.17, 15) is 0 Å². The summed E-state index contributed by atoms with van der Waals surface area (Å²) in [4.78, 5) is 0. The molecule has 0 aromatic rings. The Morgan fingerprint density at radius 1 is 0.818 bits per heavy atom. The van der Waals surface area contributed by atoms with Crippen LogP contribution in [0.4, 0.5) is 0 Å². The Labute approximate surface area is 67.5 Å². The lowest BCUT2D eigenvalue weighted by Gasteiger charge is -2.08. The van der Waals surface area contributed by atoms with Crippen molar-refractivity contribution in [2.45, 2.75) is 25.2 Å². The molecule has 0 saturated heterocycles. The smallest absolute Gasteiger partial charge is 0.0533 e. The Morgan fingerprint density at radius 2 is 1.18 bits per heavy atom. The number of rotatable bonds is 6. The molecule has 0 aliphatic carbocycles. The molecule has 0 aliphatic heterocycles. The fourth-order valence-corrected chi connectivity index (χ4v) is 0.662. The van der Waals surface area contributed by atoms with Crippen molar-refractivity contribution in [3.63, 3.8) is 0 Å². The first-order valence-electron chi connectivity index (χ1n) is 3.86. The standard InChI is InChI=1S/C6H19N5/c7-5(8)1-3-11-4-2-6(9)10/h5-6,11H,1-4,7-10H2. The monoisotopic (exact) mass is 161 g/mol. The van der Waals surface area contributed by atoms with Crippen molar-refractivity contribution in [1.29, 1.82) is 0 Å². The average Bonchev–Trinajstić information content (AvgIpc) is 1.85. The lowest BCUT2D eigenvalue weighted by atomic mass is 10.3. The molecule has 0 atom stereocenters. The second-order valence-electron chi connectivity index (χ2n) is 2.66. The van der Waals surface area contributed by atoms with Gasteiger partial charge in [0, 0.05) is 0 Å². The topological polar surface area (TPSA) is 116 Å². The van der Waals surface area contributed by atoms with Gasteiger partial charge in [-0.2, -0.15) is 0 Å². The van der Waals surface area contributed by atoms with Gasteiger partial charge in [-0.15, -0.1) is 0 Å². The van der Waals surface area contributed by atoms with Crippen LogP contribution < -0.4 is 28.3 Å². The van der Waals surface area contributed by atoms with E-state index in [0.29, 0.717) is 0 Å². The lowest BCUT2D eigenvalue weighted by Crippen LogP contribution is -2.37. The predicted octanol–water partition coefficient (Wildman–Crippen LogP) is -2.16. The first kappa shape index (κ1) is 10.8.